The van der Waals surface area contributed by atoms with Crippen molar-refractivity contribution in [1.82, 2.24) is 0 Å². The Labute approximate surface area is 95.3 Å². The molecule has 0 aliphatic heterocycles. The first-order chi connectivity index (χ1) is 7.09. The molecular weight excluding hydrogens is 208 g/mol. The van der Waals surface area contributed by atoms with Crippen molar-refractivity contribution in [3.63, 3.8) is 0 Å². The molecule has 84 valence electrons. The van der Waals surface area contributed by atoms with Crippen LogP contribution in [0.3, 0.4) is 0 Å². The van der Waals surface area contributed by atoms with Crippen LogP contribution in [0, 0.1) is 5.92 Å². The van der Waals surface area contributed by atoms with Crippen molar-refractivity contribution >= 4 is 11.8 Å². The molecule has 1 rings (SSSR count). The third-order valence-corrected chi connectivity index (χ3v) is 3.21. The fourth-order valence-corrected chi connectivity index (χ4v) is 2.37. The van der Waals surface area contributed by atoms with Gasteiger partial charge in [0.25, 0.3) is 0 Å². The Bertz CT molecular complexity index is 310. The quantitative estimate of drug-likeness (QED) is 0.597. The predicted octanol–water partition coefficient (Wildman–Crippen LogP) is 3.38. The van der Waals surface area contributed by atoms with E-state index in [9.17, 15) is 5.11 Å². The Morgan fingerprint density at radius 3 is 2.53 bits per heavy atom. The van der Waals surface area contributed by atoms with Crippen molar-refractivity contribution in [1.29, 1.82) is 0 Å². The van der Waals surface area contributed by atoms with Crippen molar-refractivity contribution < 1.29 is 10.2 Å². The summed E-state index contributed by atoms with van der Waals surface area (Å²) in [6.07, 6.45) is 1.22. The molecule has 2 nitrogen and oxygen atoms in total. The van der Waals surface area contributed by atoms with Crippen molar-refractivity contribution in [2.45, 2.75) is 26.0 Å². The smallest absolute Gasteiger partial charge is 0.157 e. The number of thioether (sulfide) groups is 1. The maximum atomic E-state index is 9.29. The highest BCUT2D eigenvalue weighted by atomic mass is 32.2. The fourth-order valence-electron chi connectivity index (χ4n) is 1.17. The Morgan fingerprint density at radius 1 is 1.20 bits per heavy atom. The topological polar surface area (TPSA) is 40.5 Å². The number of hydrogen-bond donors (Lipinski definition) is 2. The van der Waals surface area contributed by atoms with Crippen LogP contribution < -0.4 is 0 Å². The Balaban J connectivity index is 2.35. The number of phenols is 2. The van der Waals surface area contributed by atoms with Gasteiger partial charge in [0, 0.05) is 5.75 Å². The summed E-state index contributed by atoms with van der Waals surface area (Å²) in [7, 11) is 0. The lowest BCUT2D eigenvalue weighted by Gasteiger charge is -2.05. The highest BCUT2D eigenvalue weighted by molar-refractivity contribution is 7.98. The second-order valence-electron chi connectivity index (χ2n) is 4.06. The summed E-state index contributed by atoms with van der Waals surface area (Å²) in [6, 6.07) is 5.00. The Morgan fingerprint density at radius 2 is 1.93 bits per heavy atom. The zero-order chi connectivity index (χ0) is 11.3. The van der Waals surface area contributed by atoms with E-state index >= 15 is 0 Å². The Kier molecular flexibility index (Phi) is 4.82. The highest BCUT2D eigenvalue weighted by Crippen LogP contribution is 2.27. The molecule has 1 aromatic rings. The lowest BCUT2D eigenvalue weighted by molar-refractivity contribution is 0.403. The molecule has 0 aliphatic rings. The summed E-state index contributed by atoms with van der Waals surface area (Å²) >= 11 is 1.86. The van der Waals surface area contributed by atoms with Crippen molar-refractivity contribution in [3.8, 4) is 11.5 Å². The molecule has 0 fully saturated rings. The summed E-state index contributed by atoms with van der Waals surface area (Å²) in [4.78, 5) is 0. The molecule has 1 aromatic carbocycles. The van der Waals surface area contributed by atoms with Crippen LogP contribution in [0.2, 0.25) is 0 Å². The number of phenolic OH excluding ortho intramolecular Hbond substituents is 2. The summed E-state index contributed by atoms with van der Waals surface area (Å²) in [6.45, 7) is 4.43. The minimum atomic E-state index is -0.0501. The van der Waals surface area contributed by atoms with Crippen molar-refractivity contribution in [2.24, 2.45) is 5.92 Å². The van der Waals surface area contributed by atoms with E-state index in [4.69, 9.17) is 5.11 Å². The average molecular weight is 226 g/mol. The van der Waals surface area contributed by atoms with Crippen molar-refractivity contribution in [2.75, 3.05) is 5.75 Å². The van der Waals surface area contributed by atoms with Gasteiger partial charge in [0.05, 0.1) is 0 Å². The molecule has 3 heteroatoms. The molecule has 15 heavy (non-hydrogen) atoms. The van der Waals surface area contributed by atoms with Crippen LogP contribution in [-0.2, 0) is 5.75 Å². The van der Waals surface area contributed by atoms with E-state index in [1.807, 2.05) is 17.8 Å². The van der Waals surface area contributed by atoms with E-state index in [0.29, 0.717) is 0 Å². The first-order valence-electron chi connectivity index (χ1n) is 5.18. The highest BCUT2D eigenvalue weighted by Gasteiger charge is 2.01. The maximum Gasteiger partial charge on any atom is 0.157 e. The van der Waals surface area contributed by atoms with Gasteiger partial charge >= 0.3 is 0 Å². The molecule has 0 bridgehead atoms. The molecule has 0 heterocycles. The molecule has 0 saturated heterocycles. The summed E-state index contributed by atoms with van der Waals surface area (Å²) in [5.74, 6) is 2.69. The van der Waals surface area contributed by atoms with Crippen LogP contribution in [0.15, 0.2) is 18.2 Å². The van der Waals surface area contributed by atoms with Gasteiger partial charge in [-0.15, -0.1) is 0 Å². The SMILES string of the molecule is CC(C)CCSCc1ccc(O)c(O)c1. The van der Waals surface area contributed by atoms with Crippen LogP contribution in [0.4, 0.5) is 0 Å². The van der Waals surface area contributed by atoms with Crippen LogP contribution in [-0.4, -0.2) is 16.0 Å². The zero-order valence-electron chi connectivity index (χ0n) is 9.23. The van der Waals surface area contributed by atoms with Gasteiger partial charge in [-0.1, -0.05) is 19.9 Å². The summed E-state index contributed by atoms with van der Waals surface area (Å²) < 4.78 is 0. The lowest BCUT2D eigenvalue weighted by atomic mass is 10.2. The molecule has 0 amide bonds. The second-order valence-corrected chi connectivity index (χ2v) is 5.16. The van der Waals surface area contributed by atoms with E-state index in [-0.39, 0.29) is 11.5 Å². The standard InChI is InChI=1S/C12H18O2S/c1-9(2)5-6-15-8-10-3-4-11(13)12(14)7-10/h3-4,7,9,13-14H,5-6,8H2,1-2H3. The third-order valence-electron chi connectivity index (χ3n) is 2.15. The largest absolute Gasteiger partial charge is 0.504 e. The molecule has 0 atom stereocenters. The van der Waals surface area contributed by atoms with Gasteiger partial charge in [-0.3, -0.25) is 0 Å². The average Bonchev–Trinajstić information content (AvgIpc) is 2.18. The second kappa shape index (κ2) is 5.91. The minimum Gasteiger partial charge on any atom is -0.504 e. The molecule has 0 aliphatic carbocycles. The van der Waals surface area contributed by atoms with Gasteiger partial charge in [-0.25, -0.2) is 0 Å². The maximum absolute atomic E-state index is 9.29. The van der Waals surface area contributed by atoms with E-state index in [1.54, 1.807) is 6.07 Å². The monoisotopic (exact) mass is 226 g/mol. The number of hydrogen-bond acceptors (Lipinski definition) is 3. The zero-order valence-corrected chi connectivity index (χ0v) is 10.0. The van der Waals surface area contributed by atoms with Gasteiger partial charge in [-0.2, -0.15) is 11.8 Å². The van der Waals surface area contributed by atoms with Crippen LogP contribution in [0.5, 0.6) is 11.5 Å². The first kappa shape index (κ1) is 12.2. The van der Waals surface area contributed by atoms with Gasteiger partial charge in [-0.05, 0) is 35.8 Å². The van der Waals surface area contributed by atoms with Gasteiger partial charge < -0.3 is 10.2 Å². The lowest BCUT2D eigenvalue weighted by Crippen LogP contribution is -1.90. The molecule has 0 aromatic heterocycles. The van der Waals surface area contributed by atoms with Crippen LogP contribution in [0.1, 0.15) is 25.8 Å². The Hall–Kier alpha value is -0.830. The summed E-state index contributed by atoms with van der Waals surface area (Å²) in [5.41, 5.74) is 1.05. The first-order valence-corrected chi connectivity index (χ1v) is 6.33. The van der Waals surface area contributed by atoms with E-state index in [2.05, 4.69) is 13.8 Å². The number of benzene rings is 1. The van der Waals surface area contributed by atoms with Gasteiger partial charge in [0.15, 0.2) is 11.5 Å². The fraction of sp³-hybridized carbons (Fsp3) is 0.500. The van der Waals surface area contributed by atoms with Crippen LogP contribution in [0.25, 0.3) is 0 Å². The third kappa shape index (κ3) is 4.47. The molecule has 2 N–H and O–H groups in total. The van der Waals surface area contributed by atoms with E-state index < -0.39 is 0 Å². The van der Waals surface area contributed by atoms with Crippen LogP contribution >= 0.6 is 11.8 Å². The molecule has 0 radical (unpaired) electrons. The van der Waals surface area contributed by atoms with Gasteiger partial charge in [0.1, 0.15) is 0 Å². The normalized spacial score (nSPS) is 10.9. The molecule has 0 unspecified atom stereocenters. The number of rotatable bonds is 5. The van der Waals surface area contributed by atoms with E-state index in [1.165, 1.54) is 12.5 Å². The van der Waals surface area contributed by atoms with Gasteiger partial charge in [0.2, 0.25) is 0 Å². The summed E-state index contributed by atoms with van der Waals surface area (Å²) in [5, 5.41) is 18.4. The van der Waals surface area contributed by atoms with Crippen molar-refractivity contribution in [3.05, 3.63) is 23.8 Å². The molecule has 0 spiro atoms. The molecular formula is C12H18O2S. The van der Waals surface area contributed by atoms with E-state index in [0.717, 1.165) is 23.0 Å². The predicted molar refractivity (Wildman–Crippen MR) is 65.4 cm³/mol. The molecule has 0 saturated carbocycles. The minimum absolute atomic E-state index is 0.0306. The number of aromatic hydroxyl groups is 2.